The maximum absolute atomic E-state index is 14.2. The molecule has 128 valence electrons. The highest BCUT2D eigenvalue weighted by Crippen LogP contribution is 2.28. The number of urea groups is 1. The van der Waals surface area contributed by atoms with Gasteiger partial charge in [-0.15, -0.1) is 0 Å². The molecule has 0 bridgehead atoms. The van der Waals surface area contributed by atoms with Gasteiger partial charge in [0.2, 0.25) is 5.89 Å². The predicted octanol–water partition coefficient (Wildman–Crippen LogP) is 1.77. The molecular weight excluding hydrogens is 315 g/mol. The number of aliphatic hydroxyl groups excluding tert-OH is 1. The maximum Gasteiger partial charge on any atom is 0.318 e. The van der Waals surface area contributed by atoms with Gasteiger partial charge in [0.1, 0.15) is 11.9 Å². The van der Waals surface area contributed by atoms with Crippen LogP contribution in [0.25, 0.3) is 0 Å². The summed E-state index contributed by atoms with van der Waals surface area (Å²) in [5.74, 6) is 0.0473. The van der Waals surface area contributed by atoms with Crippen LogP contribution in [-0.2, 0) is 0 Å². The number of carbonyl (C=O) groups excluding carboxylic acids is 1. The number of nitrogens with zero attached hydrogens (tertiary/aromatic N) is 3. The first kappa shape index (κ1) is 16.4. The molecule has 0 aliphatic heterocycles. The maximum atomic E-state index is 14.2. The second-order valence-corrected chi connectivity index (χ2v) is 5.72. The van der Waals surface area contributed by atoms with Crippen molar-refractivity contribution in [1.29, 1.82) is 0 Å². The Bertz CT molecular complexity index is 717. The second kappa shape index (κ2) is 6.96. The smallest absolute Gasteiger partial charge is 0.318 e. The van der Waals surface area contributed by atoms with E-state index >= 15 is 0 Å². The van der Waals surface area contributed by atoms with Crippen molar-refractivity contribution >= 4 is 6.03 Å². The molecular formula is C16H19FN4O3. The molecule has 0 saturated heterocycles. The van der Waals surface area contributed by atoms with E-state index in [-0.39, 0.29) is 36.6 Å². The number of benzene rings is 1. The number of hydrogen-bond donors (Lipinski definition) is 2. The Balaban J connectivity index is 1.87. The zero-order valence-corrected chi connectivity index (χ0v) is 13.3. The largest absolute Gasteiger partial charge is 0.395 e. The van der Waals surface area contributed by atoms with Gasteiger partial charge in [-0.1, -0.05) is 23.4 Å². The van der Waals surface area contributed by atoms with E-state index in [1.54, 1.807) is 30.0 Å². The molecule has 0 spiro atoms. The van der Waals surface area contributed by atoms with Gasteiger partial charge in [-0.2, -0.15) is 4.98 Å². The quantitative estimate of drug-likeness (QED) is 0.840. The zero-order chi connectivity index (χ0) is 17.1. The topological polar surface area (TPSA) is 91.5 Å². The van der Waals surface area contributed by atoms with E-state index in [9.17, 15) is 9.18 Å². The van der Waals surface area contributed by atoms with Crippen molar-refractivity contribution in [3.63, 3.8) is 0 Å². The van der Waals surface area contributed by atoms with Crippen LogP contribution in [0.3, 0.4) is 0 Å². The summed E-state index contributed by atoms with van der Waals surface area (Å²) in [5, 5.41) is 15.7. The van der Waals surface area contributed by atoms with E-state index in [2.05, 4.69) is 15.5 Å². The number of carbonyl (C=O) groups is 1. The van der Waals surface area contributed by atoms with Crippen molar-refractivity contribution in [3.05, 3.63) is 47.4 Å². The minimum Gasteiger partial charge on any atom is -0.395 e. The Morgan fingerprint density at radius 3 is 2.83 bits per heavy atom. The summed E-state index contributed by atoms with van der Waals surface area (Å²) in [7, 11) is 0. The van der Waals surface area contributed by atoms with Crippen molar-refractivity contribution < 1.29 is 18.8 Å². The van der Waals surface area contributed by atoms with E-state index in [4.69, 9.17) is 9.63 Å². The molecule has 1 aliphatic carbocycles. The average Bonchev–Trinajstić information content (AvgIpc) is 3.32. The van der Waals surface area contributed by atoms with Crippen LogP contribution in [0.15, 0.2) is 28.8 Å². The van der Waals surface area contributed by atoms with Gasteiger partial charge in [0, 0.05) is 25.1 Å². The molecule has 8 heteroatoms. The van der Waals surface area contributed by atoms with Crippen LogP contribution in [-0.4, -0.2) is 45.4 Å². The Kier molecular flexibility index (Phi) is 4.75. The molecule has 0 radical (unpaired) electrons. The second-order valence-electron chi connectivity index (χ2n) is 5.72. The third kappa shape index (κ3) is 3.53. The molecule has 2 amide bonds. The summed E-state index contributed by atoms with van der Waals surface area (Å²) in [4.78, 5) is 18.3. The third-order valence-corrected chi connectivity index (χ3v) is 3.87. The highest BCUT2D eigenvalue weighted by molar-refractivity contribution is 5.76. The Labute approximate surface area is 138 Å². The van der Waals surface area contributed by atoms with Gasteiger partial charge in [0.25, 0.3) is 0 Å². The van der Waals surface area contributed by atoms with E-state index < -0.39 is 11.9 Å². The number of nitrogens with one attached hydrogen (secondary N) is 1. The number of hydrogen-bond acceptors (Lipinski definition) is 5. The molecule has 1 fully saturated rings. The lowest BCUT2D eigenvalue weighted by Crippen LogP contribution is -2.44. The van der Waals surface area contributed by atoms with Gasteiger partial charge in [0.15, 0.2) is 5.82 Å². The number of aryl methyl sites for hydroxylation is 1. The first-order valence-corrected chi connectivity index (χ1v) is 7.82. The summed E-state index contributed by atoms with van der Waals surface area (Å²) in [6.45, 7) is 1.72. The fraction of sp³-hybridized carbons (Fsp3) is 0.438. The van der Waals surface area contributed by atoms with Crippen molar-refractivity contribution in [2.45, 2.75) is 31.8 Å². The first-order chi connectivity index (χ1) is 11.6. The standard InChI is InChI=1S/C16H19FN4O3/c1-10-18-15(20-24-10)14(12-4-2-3-5-13(12)17)19-16(23)21(8-9-22)11-6-7-11/h2-5,11,14,22H,6-9H2,1H3,(H,19,23). The van der Waals surface area contributed by atoms with Crippen LogP contribution >= 0.6 is 0 Å². The highest BCUT2D eigenvalue weighted by Gasteiger charge is 2.34. The molecule has 2 N–H and O–H groups in total. The van der Waals surface area contributed by atoms with E-state index in [0.29, 0.717) is 5.89 Å². The zero-order valence-electron chi connectivity index (χ0n) is 13.3. The number of rotatable bonds is 6. The lowest BCUT2D eigenvalue weighted by Gasteiger charge is -2.25. The van der Waals surface area contributed by atoms with Crippen LogP contribution < -0.4 is 5.32 Å². The molecule has 1 aromatic carbocycles. The Hall–Kier alpha value is -2.48. The fourth-order valence-electron chi connectivity index (χ4n) is 2.57. The average molecular weight is 334 g/mol. The first-order valence-electron chi connectivity index (χ1n) is 7.82. The summed E-state index contributed by atoms with van der Waals surface area (Å²) in [6.07, 6.45) is 1.80. The van der Waals surface area contributed by atoms with Crippen LogP contribution in [0.1, 0.15) is 36.2 Å². The van der Waals surface area contributed by atoms with E-state index in [0.717, 1.165) is 12.8 Å². The minimum absolute atomic E-state index is 0.116. The normalized spacial score (nSPS) is 15.1. The van der Waals surface area contributed by atoms with Crippen LogP contribution in [0.4, 0.5) is 9.18 Å². The van der Waals surface area contributed by atoms with Gasteiger partial charge < -0.3 is 19.8 Å². The summed E-state index contributed by atoms with van der Waals surface area (Å²) in [6, 6.07) is 5.00. The van der Waals surface area contributed by atoms with Crippen molar-refractivity contribution in [2.75, 3.05) is 13.2 Å². The highest BCUT2D eigenvalue weighted by atomic mass is 19.1. The van der Waals surface area contributed by atoms with Crippen LogP contribution in [0.5, 0.6) is 0 Å². The third-order valence-electron chi connectivity index (χ3n) is 3.87. The molecule has 1 aliphatic rings. The number of aromatic nitrogens is 2. The molecule has 1 atom stereocenters. The minimum atomic E-state index is -0.865. The van der Waals surface area contributed by atoms with E-state index in [1.165, 1.54) is 6.07 Å². The van der Waals surface area contributed by atoms with Crippen molar-refractivity contribution in [3.8, 4) is 0 Å². The Morgan fingerprint density at radius 2 is 2.25 bits per heavy atom. The molecule has 7 nitrogen and oxygen atoms in total. The number of halogens is 1. The van der Waals surface area contributed by atoms with Gasteiger partial charge >= 0.3 is 6.03 Å². The molecule has 1 unspecified atom stereocenters. The van der Waals surface area contributed by atoms with Gasteiger partial charge in [-0.3, -0.25) is 0 Å². The molecule has 1 heterocycles. The number of aliphatic hydroxyl groups is 1. The molecule has 3 rings (SSSR count). The van der Waals surface area contributed by atoms with E-state index in [1.807, 2.05) is 0 Å². The van der Waals surface area contributed by atoms with Crippen molar-refractivity contribution in [2.24, 2.45) is 0 Å². The lowest BCUT2D eigenvalue weighted by molar-refractivity contribution is 0.171. The summed E-state index contributed by atoms with van der Waals surface area (Å²) >= 11 is 0. The summed E-state index contributed by atoms with van der Waals surface area (Å²) < 4.78 is 19.2. The lowest BCUT2D eigenvalue weighted by atomic mass is 10.1. The SMILES string of the molecule is Cc1nc(C(NC(=O)N(CCO)C2CC2)c2ccccc2F)no1. The molecule has 2 aromatic rings. The van der Waals surface area contributed by atoms with Gasteiger partial charge in [0.05, 0.1) is 6.61 Å². The molecule has 1 saturated carbocycles. The summed E-state index contributed by atoms with van der Waals surface area (Å²) in [5.41, 5.74) is 0.256. The van der Waals surface area contributed by atoms with Crippen molar-refractivity contribution in [1.82, 2.24) is 20.4 Å². The van der Waals surface area contributed by atoms with Crippen LogP contribution in [0, 0.1) is 12.7 Å². The molecule has 24 heavy (non-hydrogen) atoms. The van der Waals surface area contributed by atoms with Crippen LogP contribution in [0.2, 0.25) is 0 Å². The number of amides is 2. The molecule has 1 aromatic heterocycles. The predicted molar refractivity (Wildman–Crippen MR) is 82.6 cm³/mol. The van der Waals surface area contributed by atoms with Gasteiger partial charge in [-0.25, -0.2) is 9.18 Å². The Morgan fingerprint density at radius 1 is 1.50 bits per heavy atom. The van der Waals surface area contributed by atoms with Gasteiger partial charge in [-0.05, 0) is 18.9 Å². The fourth-order valence-corrected chi connectivity index (χ4v) is 2.57. The monoisotopic (exact) mass is 334 g/mol.